The molecule has 0 N–H and O–H groups in total. The first-order valence-corrected chi connectivity index (χ1v) is 6.13. The highest BCUT2D eigenvalue weighted by atomic mass is 35.5. The van der Waals surface area contributed by atoms with E-state index in [1.54, 1.807) is 36.2 Å². The Morgan fingerprint density at radius 1 is 1.47 bits per heavy atom. The van der Waals surface area contributed by atoms with Crippen LogP contribution < -0.4 is 4.74 Å². The number of likely N-dealkylation sites (N-methyl/N-ethyl adjacent to an activating group) is 1. The number of benzene rings is 1. The van der Waals surface area contributed by atoms with Crippen LogP contribution in [0, 0.1) is 0 Å². The van der Waals surface area contributed by atoms with Crippen molar-refractivity contribution in [1.29, 1.82) is 0 Å². The largest absolute Gasteiger partial charge is 0.484 e. The van der Waals surface area contributed by atoms with Gasteiger partial charge in [-0.2, -0.15) is 0 Å². The van der Waals surface area contributed by atoms with Gasteiger partial charge in [0.15, 0.2) is 6.61 Å². The van der Waals surface area contributed by atoms with Crippen molar-refractivity contribution in [3.05, 3.63) is 29.3 Å². The maximum Gasteiger partial charge on any atom is 0.260 e. The topological polar surface area (TPSA) is 29.5 Å². The van der Waals surface area contributed by atoms with Gasteiger partial charge in [-0.15, -0.1) is 0 Å². The average Bonchev–Trinajstić information content (AvgIpc) is 2.33. The van der Waals surface area contributed by atoms with Gasteiger partial charge < -0.3 is 9.64 Å². The van der Waals surface area contributed by atoms with Crippen molar-refractivity contribution < 1.29 is 9.53 Å². The maximum atomic E-state index is 11.7. The molecule has 0 atom stereocenters. The molecule has 1 aromatic carbocycles. The van der Waals surface area contributed by atoms with E-state index in [4.69, 9.17) is 16.3 Å². The summed E-state index contributed by atoms with van der Waals surface area (Å²) in [6.45, 7) is 2.93. The fraction of sp³-hybridized carbons (Fsp3) is 0.462. The highest BCUT2D eigenvalue weighted by Gasteiger charge is 2.08. The summed E-state index contributed by atoms with van der Waals surface area (Å²) in [5.41, 5.74) is 0. The van der Waals surface area contributed by atoms with E-state index in [-0.39, 0.29) is 12.5 Å². The third-order valence-corrected chi connectivity index (χ3v) is 2.67. The number of hydrogen-bond donors (Lipinski definition) is 0. The molecule has 0 spiro atoms. The SMILES string of the molecule is CCCCN(C)C(=O)COc1cccc(Cl)c1. The molecule has 0 heterocycles. The Morgan fingerprint density at radius 3 is 2.88 bits per heavy atom. The Morgan fingerprint density at radius 2 is 2.24 bits per heavy atom. The minimum atomic E-state index is -0.0153. The Kier molecular flexibility index (Phi) is 5.84. The normalized spacial score (nSPS) is 10.1. The van der Waals surface area contributed by atoms with E-state index in [1.165, 1.54) is 0 Å². The van der Waals surface area contributed by atoms with Gasteiger partial charge in [0.1, 0.15) is 5.75 Å². The Hall–Kier alpha value is -1.22. The molecular formula is C13H18ClNO2. The number of hydrogen-bond acceptors (Lipinski definition) is 2. The van der Waals surface area contributed by atoms with E-state index in [0.29, 0.717) is 10.8 Å². The van der Waals surface area contributed by atoms with Crippen molar-refractivity contribution in [2.75, 3.05) is 20.2 Å². The van der Waals surface area contributed by atoms with Gasteiger partial charge in [-0.25, -0.2) is 0 Å². The van der Waals surface area contributed by atoms with E-state index in [9.17, 15) is 4.79 Å². The monoisotopic (exact) mass is 255 g/mol. The predicted molar refractivity (Wildman–Crippen MR) is 69.5 cm³/mol. The first-order chi connectivity index (χ1) is 8.13. The van der Waals surface area contributed by atoms with E-state index in [2.05, 4.69) is 6.92 Å². The van der Waals surface area contributed by atoms with Gasteiger partial charge >= 0.3 is 0 Å². The number of rotatable bonds is 6. The lowest BCUT2D eigenvalue weighted by molar-refractivity contribution is -0.132. The molecule has 17 heavy (non-hydrogen) atoms. The van der Waals surface area contributed by atoms with Crippen LogP contribution in [-0.4, -0.2) is 31.0 Å². The van der Waals surface area contributed by atoms with Crippen molar-refractivity contribution in [2.24, 2.45) is 0 Å². The number of carbonyl (C=O) groups is 1. The first-order valence-electron chi connectivity index (χ1n) is 5.75. The van der Waals surface area contributed by atoms with Gasteiger partial charge in [-0.1, -0.05) is 31.0 Å². The number of unbranched alkanes of at least 4 members (excludes halogenated alkanes) is 1. The van der Waals surface area contributed by atoms with Crippen LogP contribution in [0.2, 0.25) is 5.02 Å². The Bertz CT molecular complexity index is 368. The molecule has 1 rings (SSSR count). The summed E-state index contributed by atoms with van der Waals surface area (Å²) in [4.78, 5) is 13.4. The second-order valence-corrected chi connectivity index (χ2v) is 4.35. The number of carbonyl (C=O) groups excluding carboxylic acids is 1. The van der Waals surface area contributed by atoms with Crippen LogP contribution in [0.4, 0.5) is 0 Å². The van der Waals surface area contributed by atoms with Crippen LogP contribution in [0.3, 0.4) is 0 Å². The molecule has 4 heteroatoms. The van der Waals surface area contributed by atoms with Gasteiger partial charge in [-0.05, 0) is 24.6 Å². The Balaban J connectivity index is 2.37. The number of halogens is 1. The second-order valence-electron chi connectivity index (χ2n) is 3.91. The molecule has 0 aliphatic heterocycles. The maximum absolute atomic E-state index is 11.7. The van der Waals surface area contributed by atoms with E-state index in [1.807, 2.05) is 0 Å². The molecule has 0 aliphatic rings. The lowest BCUT2D eigenvalue weighted by Crippen LogP contribution is -2.32. The van der Waals surface area contributed by atoms with Crippen LogP contribution in [0.5, 0.6) is 5.75 Å². The number of amides is 1. The summed E-state index contributed by atoms with van der Waals surface area (Å²) in [6.07, 6.45) is 2.09. The predicted octanol–water partition coefficient (Wildman–Crippen LogP) is 2.98. The molecule has 0 unspecified atom stereocenters. The minimum absolute atomic E-state index is 0.0153. The fourth-order valence-corrected chi connectivity index (χ4v) is 1.51. The molecule has 0 aromatic heterocycles. The van der Waals surface area contributed by atoms with Gasteiger partial charge in [0.25, 0.3) is 5.91 Å². The van der Waals surface area contributed by atoms with Gasteiger partial charge in [-0.3, -0.25) is 4.79 Å². The van der Waals surface area contributed by atoms with Crippen molar-refractivity contribution in [1.82, 2.24) is 4.90 Å². The summed E-state index contributed by atoms with van der Waals surface area (Å²) < 4.78 is 5.37. The van der Waals surface area contributed by atoms with Crippen molar-refractivity contribution in [3.63, 3.8) is 0 Å². The molecule has 1 aromatic rings. The van der Waals surface area contributed by atoms with Crippen LogP contribution in [0.1, 0.15) is 19.8 Å². The highest BCUT2D eigenvalue weighted by molar-refractivity contribution is 6.30. The molecule has 0 bridgehead atoms. The molecule has 1 amide bonds. The number of ether oxygens (including phenoxy) is 1. The van der Waals surface area contributed by atoms with E-state index in [0.717, 1.165) is 19.4 Å². The molecule has 0 radical (unpaired) electrons. The molecule has 0 saturated carbocycles. The molecule has 0 aliphatic carbocycles. The van der Waals surface area contributed by atoms with Gasteiger partial charge in [0.05, 0.1) is 0 Å². The van der Waals surface area contributed by atoms with E-state index >= 15 is 0 Å². The summed E-state index contributed by atoms with van der Waals surface area (Å²) in [5, 5.41) is 0.606. The zero-order valence-corrected chi connectivity index (χ0v) is 11.0. The van der Waals surface area contributed by atoms with Crippen molar-refractivity contribution in [2.45, 2.75) is 19.8 Å². The van der Waals surface area contributed by atoms with Crippen molar-refractivity contribution in [3.8, 4) is 5.75 Å². The van der Waals surface area contributed by atoms with Gasteiger partial charge in [0.2, 0.25) is 0 Å². The number of nitrogens with zero attached hydrogens (tertiary/aromatic N) is 1. The molecule has 0 saturated heterocycles. The van der Waals surface area contributed by atoms with Crippen LogP contribution in [0.25, 0.3) is 0 Å². The first kappa shape index (κ1) is 13.8. The Labute approximate surface area is 107 Å². The van der Waals surface area contributed by atoms with Crippen LogP contribution >= 0.6 is 11.6 Å². The van der Waals surface area contributed by atoms with Crippen LogP contribution in [0.15, 0.2) is 24.3 Å². The third-order valence-electron chi connectivity index (χ3n) is 2.43. The zero-order valence-electron chi connectivity index (χ0n) is 10.3. The summed E-state index contributed by atoms with van der Waals surface area (Å²) in [5.74, 6) is 0.605. The third kappa shape index (κ3) is 5.09. The average molecular weight is 256 g/mol. The summed E-state index contributed by atoms with van der Waals surface area (Å²) in [6, 6.07) is 7.04. The smallest absolute Gasteiger partial charge is 0.260 e. The summed E-state index contributed by atoms with van der Waals surface area (Å²) in [7, 11) is 1.79. The molecule has 0 fully saturated rings. The quantitative estimate of drug-likeness (QED) is 0.782. The molecule has 94 valence electrons. The fourth-order valence-electron chi connectivity index (χ4n) is 1.33. The van der Waals surface area contributed by atoms with E-state index < -0.39 is 0 Å². The lowest BCUT2D eigenvalue weighted by atomic mass is 10.3. The van der Waals surface area contributed by atoms with Crippen LogP contribution in [-0.2, 0) is 4.79 Å². The standard InChI is InChI=1S/C13H18ClNO2/c1-3-4-8-15(2)13(16)10-17-12-7-5-6-11(14)9-12/h5-7,9H,3-4,8,10H2,1-2H3. The highest BCUT2D eigenvalue weighted by Crippen LogP contribution is 2.16. The second kappa shape index (κ2) is 7.17. The van der Waals surface area contributed by atoms with Crippen molar-refractivity contribution >= 4 is 17.5 Å². The van der Waals surface area contributed by atoms with Gasteiger partial charge in [0, 0.05) is 18.6 Å². The lowest BCUT2D eigenvalue weighted by Gasteiger charge is -2.16. The summed E-state index contributed by atoms with van der Waals surface area (Å²) >= 11 is 5.82. The zero-order chi connectivity index (χ0) is 12.7. The molecule has 3 nitrogen and oxygen atoms in total. The minimum Gasteiger partial charge on any atom is -0.484 e. The molecular weight excluding hydrogens is 238 g/mol.